The Kier molecular flexibility index (Phi) is 5.67. The number of hydrogen-bond donors (Lipinski definition) is 1. The van der Waals surface area contributed by atoms with E-state index in [1.807, 2.05) is 47.8 Å². The minimum absolute atomic E-state index is 0.0515. The molecule has 1 aliphatic rings. The van der Waals surface area contributed by atoms with Crippen molar-refractivity contribution in [2.75, 3.05) is 11.9 Å². The molecule has 2 aromatic carbocycles. The van der Waals surface area contributed by atoms with Crippen molar-refractivity contribution in [3.05, 3.63) is 59.6 Å². The predicted octanol–water partition coefficient (Wildman–Crippen LogP) is 4.71. The van der Waals surface area contributed by atoms with Gasteiger partial charge >= 0.3 is 0 Å². The summed E-state index contributed by atoms with van der Waals surface area (Å²) < 4.78 is 0. The molecule has 0 radical (unpaired) electrons. The van der Waals surface area contributed by atoms with Crippen LogP contribution in [0, 0.1) is 0 Å². The van der Waals surface area contributed by atoms with Gasteiger partial charge in [0.15, 0.2) is 5.13 Å². The monoisotopic (exact) mass is 393 g/mol. The lowest BCUT2D eigenvalue weighted by atomic mass is 9.93. The molecule has 0 saturated heterocycles. The molecule has 2 amide bonds. The van der Waals surface area contributed by atoms with Gasteiger partial charge in [0, 0.05) is 23.2 Å². The van der Waals surface area contributed by atoms with E-state index < -0.39 is 0 Å². The fourth-order valence-electron chi connectivity index (χ4n) is 3.85. The minimum atomic E-state index is -0.199. The van der Waals surface area contributed by atoms with Gasteiger partial charge in [0.2, 0.25) is 5.91 Å². The second-order valence-electron chi connectivity index (χ2n) is 7.17. The molecule has 1 aromatic heterocycles. The Morgan fingerprint density at radius 1 is 1.07 bits per heavy atom. The molecule has 3 aromatic rings. The number of aromatic nitrogens is 1. The van der Waals surface area contributed by atoms with E-state index in [0.717, 1.165) is 36.5 Å². The highest BCUT2D eigenvalue weighted by Crippen LogP contribution is 2.25. The van der Waals surface area contributed by atoms with E-state index in [9.17, 15) is 9.59 Å². The van der Waals surface area contributed by atoms with Crippen LogP contribution in [0.2, 0.25) is 0 Å². The van der Waals surface area contributed by atoms with Crippen LogP contribution in [0.25, 0.3) is 10.8 Å². The quantitative estimate of drug-likeness (QED) is 0.683. The van der Waals surface area contributed by atoms with Crippen molar-refractivity contribution in [1.82, 2.24) is 9.88 Å². The number of nitrogens with zero attached hydrogens (tertiary/aromatic N) is 2. The first-order valence-electron chi connectivity index (χ1n) is 9.70. The van der Waals surface area contributed by atoms with Gasteiger partial charge in [0.05, 0.1) is 0 Å². The second kappa shape index (κ2) is 8.52. The first-order valence-corrected chi connectivity index (χ1v) is 10.6. The zero-order valence-electron chi connectivity index (χ0n) is 15.6. The summed E-state index contributed by atoms with van der Waals surface area (Å²) in [5.41, 5.74) is 0.631. The van der Waals surface area contributed by atoms with Crippen LogP contribution in [0.5, 0.6) is 0 Å². The lowest BCUT2D eigenvalue weighted by Crippen LogP contribution is -2.45. The summed E-state index contributed by atoms with van der Waals surface area (Å²) in [4.78, 5) is 31.8. The van der Waals surface area contributed by atoms with Gasteiger partial charge in [-0.25, -0.2) is 4.98 Å². The van der Waals surface area contributed by atoms with Crippen LogP contribution in [0.4, 0.5) is 5.13 Å². The van der Waals surface area contributed by atoms with E-state index in [1.165, 1.54) is 17.8 Å². The number of benzene rings is 2. The van der Waals surface area contributed by atoms with Crippen LogP contribution in [-0.2, 0) is 4.79 Å². The van der Waals surface area contributed by atoms with E-state index in [2.05, 4.69) is 10.3 Å². The predicted molar refractivity (Wildman–Crippen MR) is 113 cm³/mol. The molecule has 0 spiro atoms. The summed E-state index contributed by atoms with van der Waals surface area (Å²) in [6, 6.07) is 13.9. The van der Waals surface area contributed by atoms with Crippen molar-refractivity contribution in [1.29, 1.82) is 0 Å². The maximum Gasteiger partial charge on any atom is 0.254 e. The SMILES string of the molecule is O=C(CN(C(=O)c1ccc2ccccc2c1)C1CCCCC1)Nc1nccs1. The van der Waals surface area contributed by atoms with Crippen LogP contribution in [0.15, 0.2) is 54.0 Å². The molecule has 28 heavy (non-hydrogen) atoms. The van der Waals surface area contributed by atoms with Crippen molar-refractivity contribution in [3.63, 3.8) is 0 Å². The average molecular weight is 394 g/mol. The van der Waals surface area contributed by atoms with Gasteiger partial charge in [-0.3, -0.25) is 9.59 Å². The molecule has 1 heterocycles. The van der Waals surface area contributed by atoms with Crippen molar-refractivity contribution in [2.45, 2.75) is 38.1 Å². The van der Waals surface area contributed by atoms with E-state index in [4.69, 9.17) is 0 Å². The molecule has 5 nitrogen and oxygen atoms in total. The van der Waals surface area contributed by atoms with Crippen molar-refractivity contribution in [2.24, 2.45) is 0 Å². The van der Waals surface area contributed by atoms with Crippen LogP contribution in [-0.4, -0.2) is 34.3 Å². The number of nitrogens with one attached hydrogen (secondary N) is 1. The number of anilines is 1. The van der Waals surface area contributed by atoms with Crippen LogP contribution in [0.1, 0.15) is 42.5 Å². The molecule has 4 rings (SSSR count). The molecule has 1 fully saturated rings. The largest absolute Gasteiger partial charge is 0.326 e. The molecule has 0 bridgehead atoms. The van der Waals surface area contributed by atoms with E-state index in [-0.39, 0.29) is 24.4 Å². The van der Waals surface area contributed by atoms with E-state index in [0.29, 0.717) is 10.7 Å². The lowest BCUT2D eigenvalue weighted by Gasteiger charge is -2.34. The molecule has 0 aliphatic heterocycles. The number of carbonyl (C=O) groups excluding carboxylic acids is 2. The summed E-state index contributed by atoms with van der Waals surface area (Å²) >= 11 is 1.37. The summed E-state index contributed by atoms with van der Waals surface area (Å²) in [7, 11) is 0. The molecule has 1 aliphatic carbocycles. The maximum atomic E-state index is 13.4. The fraction of sp³-hybridized carbons (Fsp3) is 0.318. The summed E-state index contributed by atoms with van der Waals surface area (Å²) in [5, 5.41) is 7.31. The third-order valence-corrected chi connectivity index (χ3v) is 5.95. The molecule has 0 atom stereocenters. The Labute approximate surface area is 168 Å². The molecular formula is C22H23N3O2S. The minimum Gasteiger partial charge on any atom is -0.326 e. The number of carbonyl (C=O) groups is 2. The highest BCUT2D eigenvalue weighted by Gasteiger charge is 2.28. The summed E-state index contributed by atoms with van der Waals surface area (Å²) in [6.07, 6.45) is 6.94. The van der Waals surface area contributed by atoms with Gasteiger partial charge in [0.1, 0.15) is 6.54 Å². The molecule has 144 valence electrons. The summed E-state index contributed by atoms with van der Waals surface area (Å²) in [6.45, 7) is 0.0515. The van der Waals surface area contributed by atoms with Gasteiger partial charge in [-0.2, -0.15) is 0 Å². The Balaban J connectivity index is 1.57. The zero-order valence-corrected chi connectivity index (χ0v) is 16.5. The standard InChI is InChI=1S/C22H23N3O2S/c26-20(24-22-23-12-13-28-22)15-25(19-8-2-1-3-9-19)21(27)18-11-10-16-6-4-5-7-17(16)14-18/h4-7,10-14,19H,1-3,8-9,15H2,(H,23,24,26). The maximum absolute atomic E-state index is 13.4. The topological polar surface area (TPSA) is 62.3 Å². The first-order chi connectivity index (χ1) is 13.7. The molecule has 6 heteroatoms. The number of fused-ring (bicyclic) bond motifs is 1. The van der Waals surface area contributed by atoms with Gasteiger partial charge in [-0.1, -0.05) is 49.6 Å². The van der Waals surface area contributed by atoms with Gasteiger partial charge in [0.25, 0.3) is 5.91 Å². The van der Waals surface area contributed by atoms with E-state index in [1.54, 1.807) is 11.1 Å². The third kappa shape index (κ3) is 4.22. The first kappa shape index (κ1) is 18.6. The molecule has 1 N–H and O–H groups in total. The van der Waals surface area contributed by atoms with E-state index >= 15 is 0 Å². The summed E-state index contributed by atoms with van der Waals surface area (Å²) in [5.74, 6) is -0.276. The average Bonchev–Trinajstić information content (AvgIpc) is 3.25. The third-order valence-electron chi connectivity index (χ3n) is 5.27. The second-order valence-corrected chi connectivity index (χ2v) is 8.07. The van der Waals surface area contributed by atoms with Crippen LogP contribution in [0.3, 0.4) is 0 Å². The number of amides is 2. The van der Waals surface area contributed by atoms with Crippen molar-refractivity contribution >= 4 is 39.1 Å². The Morgan fingerprint density at radius 3 is 2.61 bits per heavy atom. The lowest BCUT2D eigenvalue weighted by molar-refractivity contribution is -0.117. The zero-order chi connectivity index (χ0) is 19.3. The van der Waals surface area contributed by atoms with Crippen LogP contribution < -0.4 is 5.32 Å². The highest BCUT2D eigenvalue weighted by atomic mass is 32.1. The van der Waals surface area contributed by atoms with Crippen molar-refractivity contribution < 1.29 is 9.59 Å². The molecule has 1 saturated carbocycles. The Morgan fingerprint density at radius 2 is 1.86 bits per heavy atom. The number of rotatable bonds is 5. The Hall–Kier alpha value is -2.73. The van der Waals surface area contributed by atoms with Gasteiger partial charge in [-0.05, 0) is 35.7 Å². The molecular weight excluding hydrogens is 370 g/mol. The van der Waals surface area contributed by atoms with Gasteiger partial charge in [-0.15, -0.1) is 11.3 Å². The smallest absolute Gasteiger partial charge is 0.254 e. The number of thiazole rings is 1. The van der Waals surface area contributed by atoms with Crippen molar-refractivity contribution in [3.8, 4) is 0 Å². The number of hydrogen-bond acceptors (Lipinski definition) is 4. The normalized spacial score (nSPS) is 14.7. The molecule has 0 unspecified atom stereocenters. The van der Waals surface area contributed by atoms with Crippen LogP contribution >= 0.6 is 11.3 Å². The highest BCUT2D eigenvalue weighted by molar-refractivity contribution is 7.13. The van der Waals surface area contributed by atoms with Gasteiger partial charge < -0.3 is 10.2 Å². The Bertz CT molecular complexity index is 965. The fourth-order valence-corrected chi connectivity index (χ4v) is 4.39.